The topological polar surface area (TPSA) is 44.3 Å². The number of benzene rings is 2. The predicted octanol–water partition coefficient (Wildman–Crippen LogP) is 3.84. The maximum absolute atomic E-state index is 4.50. The zero-order valence-electron chi connectivity index (χ0n) is 16.9. The molecule has 0 radical (unpaired) electrons. The fourth-order valence-corrected chi connectivity index (χ4v) is 3.75. The van der Waals surface area contributed by atoms with Crippen LogP contribution in [0, 0.1) is 0 Å². The lowest BCUT2D eigenvalue weighted by Gasteiger charge is -2.35. The first-order valence-corrected chi connectivity index (χ1v) is 10.5. The first-order chi connectivity index (χ1) is 14.4. The van der Waals surface area contributed by atoms with E-state index in [0.717, 1.165) is 63.7 Å². The second kappa shape index (κ2) is 10.0. The van der Waals surface area contributed by atoms with Crippen LogP contribution in [0.2, 0.25) is 0 Å². The minimum Gasteiger partial charge on any atom is -0.370 e. The molecule has 0 atom stereocenters. The van der Waals surface area contributed by atoms with Crippen LogP contribution in [-0.2, 0) is 13.0 Å². The molecule has 150 valence electrons. The van der Waals surface area contributed by atoms with E-state index >= 15 is 0 Å². The second-order valence-corrected chi connectivity index (χ2v) is 7.53. The van der Waals surface area contributed by atoms with Crippen LogP contribution in [-0.4, -0.2) is 47.6 Å². The van der Waals surface area contributed by atoms with Crippen molar-refractivity contribution in [2.45, 2.75) is 19.4 Å². The van der Waals surface area contributed by atoms with E-state index in [1.54, 1.807) is 6.33 Å². The fraction of sp³-hybridized carbons (Fsp3) is 0.333. The van der Waals surface area contributed by atoms with E-state index in [9.17, 15) is 0 Å². The van der Waals surface area contributed by atoms with Crippen molar-refractivity contribution >= 4 is 11.6 Å². The van der Waals surface area contributed by atoms with Gasteiger partial charge in [-0.15, -0.1) is 0 Å². The summed E-state index contributed by atoms with van der Waals surface area (Å²) in [7, 11) is 0. The third-order valence-electron chi connectivity index (χ3n) is 5.39. The molecule has 1 N–H and O–H groups in total. The molecular formula is C24H29N5. The van der Waals surface area contributed by atoms with Gasteiger partial charge in [-0.2, -0.15) is 0 Å². The third kappa shape index (κ3) is 5.78. The number of hydrogen-bond donors (Lipinski definition) is 1. The predicted molar refractivity (Wildman–Crippen MR) is 119 cm³/mol. The van der Waals surface area contributed by atoms with E-state index in [2.05, 4.69) is 91.8 Å². The average molecular weight is 388 g/mol. The number of aryl methyl sites for hydroxylation is 1. The Morgan fingerprint density at radius 1 is 0.793 bits per heavy atom. The van der Waals surface area contributed by atoms with Gasteiger partial charge in [0.1, 0.15) is 18.0 Å². The van der Waals surface area contributed by atoms with Crippen LogP contribution in [0.1, 0.15) is 17.5 Å². The summed E-state index contributed by atoms with van der Waals surface area (Å²) in [5.74, 6) is 1.93. The number of piperazine rings is 1. The zero-order valence-corrected chi connectivity index (χ0v) is 16.9. The van der Waals surface area contributed by atoms with Crippen LogP contribution in [0.3, 0.4) is 0 Å². The van der Waals surface area contributed by atoms with Crippen LogP contribution in [0.5, 0.6) is 0 Å². The monoisotopic (exact) mass is 387 g/mol. The molecule has 0 spiro atoms. The molecule has 2 aromatic carbocycles. The highest BCUT2D eigenvalue weighted by Crippen LogP contribution is 2.17. The van der Waals surface area contributed by atoms with E-state index in [1.165, 1.54) is 11.1 Å². The molecule has 0 aliphatic carbocycles. The van der Waals surface area contributed by atoms with Gasteiger partial charge in [0.15, 0.2) is 0 Å². The largest absolute Gasteiger partial charge is 0.370 e. The highest BCUT2D eigenvalue weighted by atomic mass is 15.3. The van der Waals surface area contributed by atoms with Gasteiger partial charge in [-0.25, -0.2) is 9.97 Å². The van der Waals surface area contributed by atoms with Crippen molar-refractivity contribution in [3.63, 3.8) is 0 Å². The Hall–Kier alpha value is -2.92. The molecule has 0 bridgehead atoms. The molecule has 1 fully saturated rings. The zero-order chi connectivity index (χ0) is 19.7. The van der Waals surface area contributed by atoms with Crippen LogP contribution < -0.4 is 10.2 Å². The Kier molecular flexibility index (Phi) is 6.71. The molecule has 1 saturated heterocycles. The molecule has 29 heavy (non-hydrogen) atoms. The number of anilines is 2. The van der Waals surface area contributed by atoms with E-state index in [4.69, 9.17) is 0 Å². The first kappa shape index (κ1) is 19.4. The summed E-state index contributed by atoms with van der Waals surface area (Å²) in [6, 6.07) is 23.4. The summed E-state index contributed by atoms with van der Waals surface area (Å²) in [6.07, 6.45) is 3.84. The minimum absolute atomic E-state index is 0.912. The summed E-state index contributed by atoms with van der Waals surface area (Å²) in [4.78, 5) is 13.8. The molecule has 2 heterocycles. The van der Waals surface area contributed by atoms with E-state index in [0.29, 0.717) is 0 Å². The van der Waals surface area contributed by atoms with Crippen molar-refractivity contribution in [2.75, 3.05) is 42.9 Å². The second-order valence-electron chi connectivity index (χ2n) is 7.53. The molecule has 5 nitrogen and oxygen atoms in total. The molecular weight excluding hydrogens is 358 g/mol. The normalized spacial score (nSPS) is 14.7. The van der Waals surface area contributed by atoms with Crippen LogP contribution in [0.4, 0.5) is 11.6 Å². The molecule has 4 rings (SSSR count). The summed E-state index contributed by atoms with van der Waals surface area (Å²) < 4.78 is 0. The lowest BCUT2D eigenvalue weighted by Crippen LogP contribution is -2.46. The summed E-state index contributed by atoms with van der Waals surface area (Å²) in [5.41, 5.74) is 2.76. The molecule has 0 saturated carbocycles. The highest BCUT2D eigenvalue weighted by Gasteiger charge is 2.18. The highest BCUT2D eigenvalue weighted by molar-refractivity contribution is 5.48. The molecule has 1 aliphatic heterocycles. The van der Waals surface area contributed by atoms with Gasteiger partial charge in [-0.1, -0.05) is 60.7 Å². The maximum atomic E-state index is 4.50. The Balaban J connectivity index is 1.23. The molecule has 1 aliphatic rings. The third-order valence-corrected chi connectivity index (χ3v) is 5.39. The molecule has 0 unspecified atom stereocenters. The van der Waals surface area contributed by atoms with Gasteiger partial charge in [0.05, 0.1) is 0 Å². The number of aromatic nitrogens is 2. The Bertz CT molecular complexity index is 861. The van der Waals surface area contributed by atoms with Crippen molar-refractivity contribution in [3.8, 4) is 0 Å². The Labute approximate surface area is 173 Å². The lowest BCUT2D eigenvalue weighted by molar-refractivity contribution is 0.249. The standard InChI is InChI=1S/C24H29N5/c1-3-8-21(9-4-1)12-7-13-25-23-18-24(27-20-26-23)29-16-14-28(15-17-29)19-22-10-5-2-6-11-22/h1-6,8-11,18,20H,7,12-17,19H2,(H,25,26,27). The lowest BCUT2D eigenvalue weighted by atomic mass is 10.1. The first-order valence-electron chi connectivity index (χ1n) is 10.5. The van der Waals surface area contributed by atoms with Gasteiger partial charge in [0.25, 0.3) is 0 Å². The number of hydrogen-bond acceptors (Lipinski definition) is 5. The van der Waals surface area contributed by atoms with Crippen molar-refractivity contribution in [1.29, 1.82) is 0 Å². The summed E-state index contributed by atoms with van der Waals surface area (Å²) >= 11 is 0. The van der Waals surface area contributed by atoms with Gasteiger partial charge in [-0.3, -0.25) is 4.90 Å². The smallest absolute Gasteiger partial charge is 0.134 e. The van der Waals surface area contributed by atoms with Crippen molar-refractivity contribution in [1.82, 2.24) is 14.9 Å². The number of rotatable bonds is 8. The SMILES string of the molecule is c1ccc(CCCNc2cc(N3CCN(Cc4ccccc4)CC3)ncn2)cc1. The molecule has 5 heteroatoms. The Morgan fingerprint density at radius 3 is 2.21 bits per heavy atom. The van der Waals surface area contributed by atoms with Gasteiger partial charge in [0.2, 0.25) is 0 Å². The van der Waals surface area contributed by atoms with Crippen molar-refractivity contribution in [2.24, 2.45) is 0 Å². The Morgan fingerprint density at radius 2 is 1.48 bits per heavy atom. The van der Waals surface area contributed by atoms with Crippen molar-refractivity contribution < 1.29 is 0 Å². The van der Waals surface area contributed by atoms with Crippen LogP contribution in [0.15, 0.2) is 73.1 Å². The average Bonchev–Trinajstić information content (AvgIpc) is 2.79. The molecule has 1 aromatic heterocycles. The maximum Gasteiger partial charge on any atom is 0.134 e. The van der Waals surface area contributed by atoms with E-state index in [1.807, 2.05) is 0 Å². The van der Waals surface area contributed by atoms with E-state index in [-0.39, 0.29) is 0 Å². The van der Waals surface area contributed by atoms with Gasteiger partial charge >= 0.3 is 0 Å². The van der Waals surface area contributed by atoms with Crippen LogP contribution >= 0.6 is 0 Å². The molecule has 0 amide bonds. The number of nitrogens with zero attached hydrogens (tertiary/aromatic N) is 4. The summed E-state index contributed by atoms with van der Waals surface area (Å²) in [6.45, 7) is 6.04. The quantitative estimate of drug-likeness (QED) is 0.595. The molecule has 3 aromatic rings. The fourth-order valence-electron chi connectivity index (χ4n) is 3.75. The van der Waals surface area contributed by atoms with Crippen molar-refractivity contribution in [3.05, 3.63) is 84.2 Å². The summed E-state index contributed by atoms with van der Waals surface area (Å²) in [5, 5.41) is 3.45. The minimum atomic E-state index is 0.912. The van der Waals surface area contributed by atoms with E-state index < -0.39 is 0 Å². The van der Waals surface area contributed by atoms with Gasteiger partial charge in [0, 0.05) is 45.3 Å². The van der Waals surface area contributed by atoms with Gasteiger partial charge in [-0.05, 0) is 24.0 Å². The van der Waals surface area contributed by atoms with Crippen LogP contribution in [0.25, 0.3) is 0 Å². The number of nitrogens with one attached hydrogen (secondary N) is 1. The van der Waals surface area contributed by atoms with Gasteiger partial charge < -0.3 is 10.2 Å².